The fourth-order valence-corrected chi connectivity index (χ4v) is 4.32. The zero-order valence-electron chi connectivity index (χ0n) is 19.3. The zero-order chi connectivity index (χ0) is 23.7. The van der Waals surface area contributed by atoms with Gasteiger partial charge in [0.2, 0.25) is 0 Å². The Hall–Kier alpha value is -3.75. The summed E-state index contributed by atoms with van der Waals surface area (Å²) in [6, 6.07) is 11.5. The molecule has 1 saturated heterocycles. The van der Waals surface area contributed by atoms with E-state index in [0.717, 1.165) is 32.8 Å². The molecule has 1 fully saturated rings. The van der Waals surface area contributed by atoms with Gasteiger partial charge < -0.3 is 15.0 Å². The van der Waals surface area contributed by atoms with E-state index < -0.39 is 24.0 Å². The van der Waals surface area contributed by atoms with Gasteiger partial charge in [-0.1, -0.05) is 17.7 Å². The van der Waals surface area contributed by atoms with E-state index in [2.05, 4.69) is 10.4 Å². The normalized spacial score (nSPS) is 17.7. The van der Waals surface area contributed by atoms with Gasteiger partial charge in [-0.15, -0.1) is 0 Å². The molecule has 172 valence electrons. The fraction of sp³-hybridized carbons (Fsp3) is 0.375. The molecule has 33 heavy (non-hydrogen) atoms. The number of anilines is 2. The second kappa shape index (κ2) is 9.01. The molecule has 0 saturated carbocycles. The molecular weight excluding hydrogens is 422 g/mol. The lowest BCUT2D eigenvalue weighted by Gasteiger charge is -2.27. The highest BCUT2D eigenvalue weighted by Crippen LogP contribution is 2.28. The van der Waals surface area contributed by atoms with Crippen LogP contribution in [-0.2, 0) is 14.4 Å². The summed E-state index contributed by atoms with van der Waals surface area (Å²) in [4.78, 5) is 41.4. The summed E-state index contributed by atoms with van der Waals surface area (Å²) in [6.07, 6.45) is -0.677. The molecule has 2 aromatic rings. The maximum Gasteiger partial charge on any atom is 0.502 e. The first-order valence-corrected chi connectivity index (χ1v) is 11.0. The Labute approximate surface area is 192 Å². The molecular formula is C24H28N5O4+. The number of hydrogen-bond donors (Lipinski definition) is 1. The van der Waals surface area contributed by atoms with Crippen molar-refractivity contribution in [1.82, 2.24) is 4.90 Å². The van der Waals surface area contributed by atoms with Gasteiger partial charge in [-0.25, -0.2) is 4.79 Å². The summed E-state index contributed by atoms with van der Waals surface area (Å²) in [6.45, 7) is 8.90. The first-order chi connectivity index (χ1) is 15.8. The Morgan fingerprint density at radius 3 is 2.36 bits per heavy atom. The van der Waals surface area contributed by atoms with Crippen molar-refractivity contribution in [3.8, 4) is 5.75 Å². The number of aryl methyl sites for hydroxylation is 3. The summed E-state index contributed by atoms with van der Waals surface area (Å²) >= 11 is 0. The Morgan fingerprint density at radius 1 is 1.09 bits per heavy atom. The van der Waals surface area contributed by atoms with Crippen molar-refractivity contribution in [2.24, 2.45) is 5.11 Å². The van der Waals surface area contributed by atoms with Crippen molar-refractivity contribution in [3.05, 3.63) is 53.1 Å². The molecule has 3 amide bonds. The van der Waals surface area contributed by atoms with Crippen molar-refractivity contribution in [2.75, 3.05) is 36.5 Å². The molecule has 2 aliphatic rings. The zero-order valence-corrected chi connectivity index (χ0v) is 19.3. The smallest absolute Gasteiger partial charge is 0.494 e. The predicted molar refractivity (Wildman–Crippen MR) is 122 cm³/mol. The van der Waals surface area contributed by atoms with E-state index in [0.29, 0.717) is 25.4 Å². The van der Waals surface area contributed by atoms with Crippen LogP contribution in [0.2, 0.25) is 0 Å². The molecule has 4 rings (SSSR count). The summed E-state index contributed by atoms with van der Waals surface area (Å²) < 4.78 is 6.47. The van der Waals surface area contributed by atoms with Crippen molar-refractivity contribution in [2.45, 2.75) is 34.0 Å². The molecule has 1 N–H and O–H groups in total. The third kappa shape index (κ3) is 4.44. The monoisotopic (exact) mass is 450 g/mol. The Morgan fingerprint density at radius 2 is 1.73 bits per heavy atom. The second-order valence-corrected chi connectivity index (χ2v) is 8.27. The summed E-state index contributed by atoms with van der Waals surface area (Å²) in [7, 11) is 0. The molecule has 0 spiro atoms. The van der Waals surface area contributed by atoms with E-state index in [1.54, 1.807) is 0 Å². The van der Waals surface area contributed by atoms with E-state index in [4.69, 9.17) is 4.74 Å². The van der Waals surface area contributed by atoms with E-state index in [9.17, 15) is 14.4 Å². The fourth-order valence-electron chi connectivity index (χ4n) is 4.32. The first-order valence-electron chi connectivity index (χ1n) is 11.0. The second-order valence-electron chi connectivity index (χ2n) is 8.27. The predicted octanol–water partition coefficient (Wildman–Crippen LogP) is 2.59. The number of ether oxygens (including phenoxy) is 1. The maximum absolute atomic E-state index is 12.7. The van der Waals surface area contributed by atoms with Gasteiger partial charge in [0.05, 0.1) is 6.61 Å². The Balaban J connectivity index is 1.54. The lowest BCUT2D eigenvalue weighted by atomic mass is 10.1. The van der Waals surface area contributed by atoms with Crippen LogP contribution < -0.4 is 15.0 Å². The summed E-state index contributed by atoms with van der Waals surface area (Å²) in [5.74, 6) is -1.11. The van der Waals surface area contributed by atoms with Crippen LogP contribution in [0.5, 0.6) is 5.75 Å². The van der Waals surface area contributed by atoms with Gasteiger partial charge in [-0.2, -0.15) is 0 Å². The maximum atomic E-state index is 12.7. The molecule has 1 atom stereocenters. The Kier molecular flexibility index (Phi) is 6.13. The van der Waals surface area contributed by atoms with Crippen LogP contribution in [0.25, 0.3) is 0 Å². The van der Waals surface area contributed by atoms with Crippen molar-refractivity contribution >= 4 is 29.1 Å². The molecule has 9 nitrogen and oxygen atoms in total. The molecule has 0 aliphatic carbocycles. The highest BCUT2D eigenvalue weighted by Gasteiger charge is 2.49. The largest absolute Gasteiger partial charge is 0.502 e. The van der Waals surface area contributed by atoms with Crippen molar-refractivity contribution in [1.29, 1.82) is 0 Å². The van der Waals surface area contributed by atoms with Gasteiger partial charge >= 0.3 is 11.8 Å². The van der Waals surface area contributed by atoms with Crippen LogP contribution in [0, 0.1) is 20.8 Å². The van der Waals surface area contributed by atoms with Crippen LogP contribution in [0.15, 0.2) is 41.5 Å². The van der Waals surface area contributed by atoms with Crippen molar-refractivity contribution < 1.29 is 23.8 Å². The van der Waals surface area contributed by atoms with E-state index in [1.165, 1.54) is 4.90 Å². The molecule has 2 heterocycles. The van der Waals surface area contributed by atoms with Crippen LogP contribution in [-0.4, -0.2) is 59.8 Å². The van der Waals surface area contributed by atoms with Crippen LogP contribution in [0.3, 0.4) is 0 Å². The number of fused-ring (bicyclic) bond motifs is 1. The minimum Gasteiger partial charge on any atom is -0.494 e. The molecule has 2 aromatic carbocycles. The van der Waals surface area contributed by atoms with Crippen LogP contribution in [0.1, 0.15) is 23.6 Å². The van der Waals surface area contributed by atoms with Gasteiger partial charge in [0.1, 0.15) is 5.75 Å². The average molecular weight is 451 g/mol. The van der Waals surface area contributed by atoms with Crippen LogP contribution >= 0.6 is 0 Å². The number of amides is 3. The molecule has 9 heteroatoms. The summed E-state index contributed by atoms with van der Waals surface area (Å²) in [5, 5.41) is 7.32. The summed E-state index contributed by atoms with van der Waals surface area (Å²) in [5.41, 5.74) is 4.53. The number of hydrogen-bond acceptors (Lipinski definition) is 6. The standard InChI is InChI=1S/C24H27N5O4/c1-5-33-19-8-6-18(7-9-19)27-10-11-28-22(31)23(32)29(26-24(27)28)14-20(30)25-21-16(3)12-15(2)13-17(21)4/h6-9,12-13,24H,5,10-11,14H2,1-4H3/p+1. The number of rotatable bonds is 6. The van der Waals surface area contributed by atoms with E-state index >= 15 is 0 Å². The highest BCUT2D eigenvalue weighted by atomic mass is 16.5. The molecule has 0 bridgehead atoms. The minimum absolute atomic E-state index is 0.335. The SMILES string of the molecule is CCOc1ccc(N2CCN3C(=O)C(=O)[N+](CC(=O)Nc4c(C)cc(C)cc4C)=NC32)cc1. The lowest BCUT2D eigenvalue weighted by Crippen LogP contribution is -2.52. The molecule has 1 unspecified atom stereocenters. The van der Waals surface area contributed by atoms with Gasteiger partial charge in [-0.05, 0) is 67.8 Å². The Bertz CT molecular complexity index is 1120. The number of carbonyl (C=O) groups is 3. The number of nitrogens with one attached hydrogen (secondary N) is 1. The van der Waals surface area contributed by atoms with Gasteiger partial charge in [0.25, 0.3) is 18.7 Å². The van der Waals surface area contributed by atoms with Crippen molar-refractivity contribution in [3.63, 3.8) is 0 Å². The third-order valence-electron chi connectivity index (χ3n) is 5.77. The molecule has 0 aromatic heterocycles. The lowest BCUT2D eigenvalue weighted by molar-refractivity contribution is -0.509. The van der Waals surface area contributed by atoms with Gasteiger partial charge in [-0.3, -0.25) is 14.5 Å². The number of carbonyl (C=O) groups excluding carboxylic acids is 3. The number of azo groups is 2. The minimum atomic E-state index is -0.799. The first kappa shape index (κ1) is 22.4. The molecule has 2 aliphatic heterocycles. The number of benzene rings is 2. The quantitative estimate of drug-likeness (QED) is 0.539. The van der Waals surface area contributed by atoms with Gasteiger partial charge in [0.15, 0.2) is 0 Å². The van der Waals surface area contributed by atoms with E-state index in [1.807, 2.05) is 69.0 Å². The number of nitrogens with zero attached hydrogens (tertiary/aromatic N) is 4. The average Bonchev–Trinajstić information content (AvgIpc) is 3.19. The third-order valence-corrected chi connectivity index (χ3v) is 5.77. The highest BCUT2D eigenvalue weighted by molar-refractivity contribution is 6.32. The van der Waals surface area contributed by atoms with E-state index in [-0.39, 0.29) is 6.54 Å². The van der Waals surface area contributed by atoms with Gasteiger partial charge in [0, 0.05) is 29.6 Å². The van der Waals surface area contributed by atoms with Crippen LogP contribution in [0.4, 0.5) is 11.4 Å². The molecule has 0 radical (unpaired) electrons. The topological polar surface area (TPSA) is 94.3 Å².